The van der Waals surface area contributed by atoms with Gasteiger partial charge in [-0.3, -0.25) is 14.6 Å². The Balaban J connectivity index is 0.00000103. The number of rotatable bonds is 8. The number of hydrogen-bond donors (Lipinski definition) is 1. The second-order valence-corrected chi connectivity index (χ2v) is 6.76. The van der Waals surface area contributed by atoms with Crippen molar-refractivity contribution in [2.45, 2.75) is 40.5 Å². The summed E-state index contributed by atoms with van der Waals surface area (Å²) in [5.74, 6) is -0.272. The summed E-state index contributed by atoms with van der Waals surface area (Å²) in [6.07, 6.45) is 6.00. The smallest absolute Gasteiger partial charge is 0.272 e. The highest BCUT2D eigenvalue weighted by Crippen LogP contribution is 2.15. The molecule has 0 fully saturated rings. The molecule has 0 aliphatic rings. The predicted molar refractivity (Wildman–Crippen MR) is 127 cm³/mol. The van der Waals surface area contributed by atoms with Crippen LogP contribution in [0.3, 0.4) is 0 Å². The Morgan fingerprint density at radius 3 is 2.23 bits per heavy atom. The van der Waals surface area contributed by atoms with Crippen LogP contribution >= 0.6 is 0 Å². The van der Waals surface area contributed by atoms with E-state index in [4.69, 9.17) is 0 Å². The number of carbonyl (C=O) groups is 2. The van der Waals surface area contributed by atoms with E-state index < -0.39 is 0 Å². The quantitative estimate of drug-likeness (QED) is 0.266. The first-order valence-electron chi connectivity index (χ1n) is 10.3. The molecule has 160 valence electrons. The first-order valence-corrected chi connectivity index (χ1v) is 10.3. The highest BCUT2D eigenvalue weighted by molar-refractivity contribution is 6.07. The standard InChI is InChI=1S/C21H23N3O2.C4H10/c1-4-22-15-24(3)20(21(26)23-19-11-6-5-7-12-19)14-17-9-8-10-18(13-17)16(2)25;1-3-4-2/h5-15H,4H2,1-3H3,(H,23,26);3-4H2,1-2H3/b20-14-,22-15?;. The fraction of sp³-hybridized carbons (Fsp3) is 0.320. The first-order chi connectivity index (χ1) is 14.4. The number of unbranched alkanes of at least 4 members (excludes halogenated alkanes) is 1. The van der Waals surface area contributed by atoms with Crippen LogP contribution in [-0.2, 0) is 4.79 Å². The lowest BCUT2D eigenvalue weighted by atomic mass is 10.1. The Kier molecular flexibility index (Phi) is 11.5. The van der Waals surface area contributed by atoms with Crippen LogP contribution in [-0.4, -0.2) is 36.5 Å². The topological polar surface area (TPSA) is 61.8 Å². The van der Waals surface area contributed by atoms with E-state index in [9.17, 15) is 9.59 Å². The molecule has 0 heterocycles. The molecule has 30 heavy (non-hydrogen) atoms. The number of likely N-dealkylation sites (N-methyl/N-ethyl adjacent to an activating group) is 1. The molecule has 0 unspecified atom stereocenters. The van der Waals surface area contributed by atoms with Gasteiger partial charge < -0.3 is 10.2 Å². The van der Waals surface area contributed by atoms with E-state index in [-0.39, 0.29) is 11.7 Å². The first kappa shape index (κ1) is 24.8. The lowest BCUT2D eigenvalue weighted by Crippen LogP contribution is -2.27. The zero-order chi connectivity index (χ0) is 22.4. The van der Waals surface area contributed by atoms with Crippen LogP contribution in [0.1, 0.15) is 56.5 Å². The fourth-order valence-corrected chi connectivity index (χ4v) is 2.32. The van der Waals surface area contributed by atoms with Crippen LogP contribution in [0.25, 0.3) is 6.08 Å². The van der Waals surface area contributed by atoms with Gasteiger partial charge in [-0.05, 0) is 43.7 Å². The molecule has 0 radical (unpaired) electrons. The van der Waals surface area contributed by atoms with E-state index >= 15 is 0 Å². The molecular weight excluding hydrogens is 374 g/mol. The molecule has 2 aromatic carbocycles. The summed E-state index contributed by atoms with van der Waals surface area (Å²) >= 11 is 0. The third kappa shape index (κ3) is 8.86. The second kappa shape index (κ2) is 13.9. The molecule has 0 aromatic heterocycles. The summed E-state index contributed by atoms with van der Waals surface area (Å²) in [5, 5.41) is 2.88. The van der Waals surface area contributed by atoms with Crippen LogP contribution in [0, 0.1) is 0 Å². The van der Waals surface area contributed by atoms with Gasteiger partial charge in [0.1, 0.15) is 5.70 Å². The van der Waals surface area contributed by atoms with Crippen molar-refractivity contribution in [2.24, 2.45) is 4.99 Å². The number of carbonyl (C=O) groups excluding carboxylic acids is 2. The van der Waals surface area contributed by atoms with Gasteiger partial charge in [0.25, 0.3) is 5.91 Å². The molecule has 2 rings (SSSR count). The van der Waals surface area contributed by atoms with Gasteiger partial charge in [-0.2, -0.15) is 0 Å². The van der Waals surface area contributed by atoms with Crippen molar-refractivity contribution in [2.75, 3.05) is 18.9 Å². The van der Waals surface area contributed by atoms with Gasteiger partial charge in [0, 0.05) is 24.8 Å². The lowest BCUT2D eigenvalue weighted by molar-refractivity contribution is -0.113. The van der Waals surface area contributed by atoms with Gasteiger partial charge in [0.05, 0.1) is 6.34 Å². The molecule has 0 saturated heterocycles. The monoisotopic (exact) mass is 407 g/mol. The molecule has 0 atom stereocenters. The van der Waals surface area contributed by atoms with Crippen molar-refractivity contribution in [3.8, 4) is 0 Å². The number of Topliss-reactive ketones (excluding diaryl/α,β-unsaturated/α-hetero) is 1. The molecule has 0 bridgehead atoms. The van der Waals surface area contributed by atoms with Crippen LogP contribution in [0.2, 0.25) is 0 Å². The van der Waals surface area contributed by atoms with Gasteiger partial charge in [-0.1, -0.05) is 63.1 Å². The molecule has 0 saturated carbocycles. The van der Waals surface area contributed by atoms with Gasteiger partial charge in [0.15, 0.2) is 5.78 Å². The molecule has 0 aliphatic heterocycles. The minimum absolute atomic E-state index is 0.0172. The van der Waals surface area contributed by atoms with Crippen LogP contribution in [0.5, 0.6) is 0 Å². The Morgan fingerprint density at radius 2 is 1.67 bits per heavy atom. The van der Waals surface area contributed by atoms with E-state index in [1.165, 1.54) is 19.8 Å². The van der Waals surface area contributed by atoms with Gasteiger partial charge in [-0.15, -0.1) is 0 Å². The van der Waals surface area contributed by atoms with Crippen molar-refractivity contribution in [3.63, 3.8) is 0 Å². The molecule has 0 spiro atoms. The van der Waals surface area contributed by atoms with Gasteiger partial charge in [0.2, 0.25) is 0 Å². The maximum atomic E-state index is 12.8. The number of hydrogen-bond acceptors (Lipinski definition) is 3. The second-order valence-electron chi connectivity index (χ2n) is 6.76. The van der Waals surface area contributed by atoms with Crippen molar-refractivity contribution in [3.05, 3.63) is 71.4 Å². The SMILES string of the molecule is CCCC.CCN=CN(C)/C(=C\c1cccc(C(C)=O)c1)C(=O)Nc1ccccc1. The molecule has 1 N–H and O–H groups in total. The van der Waals surface area contributed by atoms with Crippen LogP contribution in [0.15, 0.2) is 65.3 Å². The van der Waals surface area contributed by atoms with Crippen molar-refractivity contribution in [1.29, 1.82) is 0 Å². The summed E-state index contributed by atoms with van der Waals surface area (Å²) < 4.78 is 0. The van der Waals surface area contributed by atoms with Crippen molar-refractivity contribution in [1.82, 2.24) is 4.90 Å². The predicted octanol–water partition coefficient (Wildman–Crippen LogP) is 5.66. The number of nitrogens with zero attached hydrogens (tertiary/aromatic N) is 2. The van der Waals surface area contributed by atoms with Crippen LogP contribution < -0.4 is 5.32 Å². The third-order valence-electron chi connectivity index (χ3n) is 4.18. The maximum absolute atomic E-state index is 12.8. The van der Waals surface area contributed by atoms with Crippen LogP contribution in [0.4, 0.5) is 5.69 Å². The summed E-state index contributed by atoms with van der Waals surface area (Å²) in [7, 11) is 1.77. The number of amides is 1. The van der Waals surface area contributed by atoms with Gasteiger partial charge in [-0.25, -0.2) is 0 Å². The summed E-state index contributed by atoms with van der Waals surface area (Å²) in [6.45, 7) is 8.43. The molecular formula is C25H33N3O2. The van der Waals surface area contributed by atoms with E-state index in [2.05, 4.69) is 24.2 Å². The van der Waals surface area contributed by atoms with Gasteiger partial charge >= 0.3 is 0 Å². The zero-order valence-corrected chi connectivity index (χ0v) is 18.7. The number of para-hydroxylation sites is 1. The van der Waals surface area contributed by atoms with Crippen molar-refractivity contribution >= 4 is 29.8 Å². The molecule has 5 heteroatoms. The van der Waals surface area contributed by atoms with E-state index in [0.29, 0.717) is 23.5 Å². The number of benzene rings is 2. The average Bonchev–Trinajstić information content (AvgIpc) is 2.76. The van der Waals surface area contributed by atoms with Crippen molar-refractivity contribution < 1.29 is 9.59 Å². The molecule has 5 nitrogen and oxygen atoms in total. The zero-order valence-electron chi connectivity index (χ0n) is 18.7. The Morgan fingerprint density at radius 1 is 1.00 bits per heavy atom. The minimum atomic E-state index is -0.255. The number of ketones is 1. The third-order valence-corrected chi connectivity index (χ3v) is 4.18. The minimum Gasteiger partial charge on any atom is -0.331 e. The Labute approximate surface area is 180 Å². The largest absolute Gasteiger partial charge is 0.331 e. The maximum Gasteiger partial charge on any atom is 0.272 e. The summed E-state index contributed by atoms with van der Waals surface area (Å²) in [6, 6.07) is 16.4. The molecule has 0 aliphatic carbocycles. The summed E-state index contributed by atoms with van der Waals surface area (Å²) in [5.41, 5.74) is 2.51. The average molecular weight is 408 g/mol. The number of anilines is 1. The van der Waals surface area contributed by atoms with E-state index in [1.54, 1.807) is 42.6 Å². The fourth-order valence-electron chi connectivity index (χ4n) is 2.32. The normalized spacial score (nSPS) is 10.9. The molecule has 2 aromatic rings. The highest BCUT2D eigenvalue weighted by atomic mass is 16.2. The van der Waals surface area contributed by atoms with E-state index in [0.717, 1.165) is 5.56 Å². The number of nitrogens with one attached hydrogen (secondary N) is 1. The Bertz CT molecular complexity index is 856. The highest BCUT2D eigenvalue weighted by Gasteiger charge is 2.14. The van der Waals surface area contributed by atoms with E-state index in [1.807, 2.05) is 43.3 Å². The Hall–Kier alpha value is -3.21. The lowest BCUT2D eigenvalue weighted by Gasteiger charge is -2.17. The number of aliphatic imine (C=N–C) groups is 1. The summed E-state index contributed by atoms with van der Waals surface area (Å²) in [4.78, 5) is 30.3. The molecule has 1 amide bonds.